The van der Waals surface area contributed by atoms with E-state index in [2.05, 4.69) is 28.4 Å². The van der Waals surface area contributed by atoms with Gasteiger partial charge in [-0.1, -0.05) is 48.5 Å². The van der Waals surface area contributed by atoms with Crippen LogP contribution < -0.4 is 10.2 Å². The number of fused-ring (bicyclic) bond motifs is 1. The summed E-state index contributed by atoms with van der Waals surface area (Å²) in [5.41, 5.74) is 5.21. The minimum Gasteiger partial charge on any atom is -0.360 e. The van der Waals surface area contributed by atoms with Gasteiger partial charge in [0, 0.05) is 18.7 Å². The molecule has 0 saturated carbocycles. The van der Waals surface area contributed by atoms with Gasteiger partial charge in [0.2, 0.25) is 0 Å². The Morgan fingerprint density at radius 3 is 2.52 bits per heavy atom. The van der Waals surface area contributed by atoms with Gasteiger partial charge in [-0.2, -0.15) is 0 Å². The topological polar surface area (TPSA) is 58.4 Å². The van der Waals surface area contributed by atoms with E-state index >= 15 is 0 Å². The van der Waals surface area contributed by atoms with Crippen LogP contribution in [0.25, 0.3) is 11.1 Å². The van der Waals surface area contributed by atoms with Crippen LogP contribution in [-0.4, -0.2) is 4.92 Å². The quantitative estimate of drug-likeness (QED) is 0.551. The van der Waals surface area contributed by atoms with Crippen LogP contribution in [0.15, 0.2) is 72.8 Å². The van der Waals surface area contributed by atoms with E-state index in [9.17, 15) is 10.1 Å². The highest BCUT2D eigenvalue weighted by Crippen LogP contribution is 2.38. The van der Waals surface area contributed by atoms with Crippen molar-refractivity contribution in [1.29, 1.82) is 0 Å². The third-order valence-corrected chi connectivity index (χ3v) is 4.27. The third-order valence-electron chi connectivity index (χ3n) is 4.27. The Kier molecular flexibility index (Phi) is 3.82. The zero-order valence-electron chi connectivity index (χ0n) is 13.4. The van der Waals surface area contributed by atoms with Crippen LogP contribution in [0.3, 0.4) is 0 Å². The highest BCUT2D eigenvalue weighted by Gasteiger charge is 2.20. The van der Waals surface area contributed by atoms with Gasteiger partial charge < -0.3 is 10.2 Å². The largest absolute Gasteiger partial charge is 0.360 e. The molecular weight excluding hydrogens is 314 g/mol. The summed E-state index contributed by atoms with van der Waals surface area (Å²) in [5.74, 6) is 0. The van der Waals surface area contributed by atoms with Crippen molar-refractivity contribution in [2.75, 3.05) is 10.2 Å². The lowest BCUT2D eigenvalue weighted by Gasteiger charge is -2.18. The molecule has 0 spiro atoms. The number of anilines is 2. The van der Waals surface area contributed by atoms with E-state index in [1.165, 1.54) is 11.6 Å². The number of nitro benzene ring substituents is 1. The van der Waals surface area contributed by atoms with Crippen molar-refractivity contribution in [3.63, 3.8) is 0 Å². The van der Waals surface area contributed by atoms with Crippen LogP contribution in [0, 0.1) is 16.8 Å². The number of hydrogen-bond donors (Lipinski definition) is 1. The summed E-state index contributed by atoms with van der Waals surface area (Å²) < 4.78 is 0. The Balaban J connectivity index is 1.66. The molecule has 1 aliphatic rings. The fourth-order valence-corrected chi connectivity index (χ4v) is 3.00. The summed E-state index contributed by atoms with van der Waals surface area (Å²) in [6.07, 6.45) is 0. The lowest BCUT2D eigenvalue weighted by molar-refractivity contribution is -0.384. The minimum atomic E-state index is -0.367. The summed E-state index contributed by atoms with van der Waals surface area (Å²) in [6.45, 7) is 2.72. The van der Waals surface area contributed by atoms with Gasteiger partial charge in [-0.05, 0) is 28.8 Å². The number of hydrogen-bond acceptors (Lipinski definition) is 4. The number of benzene rings is 3. The molecule has 4 rings (SSSR count). The van der Waals surface area contributed by atoms with Crippen molar-refractivity contribution in [3.05, 3.63) is 95.1 Å². The molecule has 1 aliphatic heterocycles. The first-order valence-corrected chi connectivity index (χ1v) is 8.00. The first-order chi connectivity index (χ1) is 12.2. The summed E-state index contributed by atoms with van der Waals surface area (Å²) >= 11 is 0. The molecule has 0 fully saturated rings. The van der Waals surface area contributed by atoms with E-state index in [0.29, 0.717) is 0 Å². The Morgan fingerprint density at radius 1 is 0.920 bits per heavy atom. The lowest BCUT2D eigenvalue weighted by Crippen LogP contribution is -2.16. The number of nitrogens with one attached hydrogen (secondary N) is 1. The molecule has 1 N–H and O–H groups in total. The fourth-order valence-electron chi connectivity index (χ4n) is 3.00. The van der Waals surface area contributed by atoms with Crippen molar-refractivity contribution in [2.24, 2.45) is 0 Å². The van der Waals surface area contributed by atoms with Gasteiger partial charge in [0.15, 0.2) is 0 Å². The molecule has 5 heteroatoms. The van der Waals surface area contributed by atoms with Crippen LogP contribution in [0.1, 0.15) is 5.56 Å². The molecule has 3 aromatic carbocycles. The number of non-ortho nitro benzene ring substituents is 1. The maximum atomic E-state index is 11.0. The Hall–Kier alpha value is -3.34. The molecule has 0 aliphatic carbocycles. The van der Waals surface area contributed by atoms with Crippen LogP contribution >= 0.6 is 0 Å². The molecule has 0 unspecified atom stereocenters. The molecule has 0 saturated heterocycles. The summed E-state index contributed by atoms with van der Waals surface area (Å²) in [4.78, 5) is 12.8. The van der Waals surface area contributed by atoms with Crippen molar-refractivity contribution < 1.29 is 4.92 Å². The smallest absolute Gasteiger partial charge is 0.270 e. The highest BCUT2D eigenvalue weighted by atomic mass is 16.6. The van der Waals surface area contributed by atoms with Crippen LogP contribution in [-0.2, 0) is 6.54 Å². The average Bonchev–Trinajstić information content (AvgIpc) is 3.05. The highest BCUT2D eigenvalue weighted by molar-refractivity contribution is 5.83. The molecule has 0 amide bonds. The molecular formula is C20H16N3O2. The maximum absolute atomic E-state index is 11.0. The Morgan fingerprint density at radius 2 is 1.72 bits per heavy atom. The second kappa shape index (κ2) is 6.28. The van der Waals surface area contributed by atoms with Gasteiger partial charge >= 0.3 is 0 Å². The van der Waals surface area contributed by atoms with E-state index < -0.39 is 0 Å². The number of rotatable bonds is 4. The number of nitro groups is 1. The second-order valence-electron chi connectivity index (χ2n) is 5.93. The first kappa shape index (κ1) is 15.2. The van der Waals surface area contributed by atoms with Gasteiger partial charge in [-0.3, -0.25) is 10.1 Å². The predicted molar refractivity (Wildman–Crippen MR) is 99.1 cm³/mol. The molecule has 0 atom stereocenters. The van der Waals surface area contributed by atoms with E-state index in [1.54, 1.807) is 12.1 Å². The molecule has 0 aromatic heterocycles. The molecule has 5 nitrogen and oxygen atoms in total. The molecule has 123 valence electrons. The second-order valence-corrected chi connectivity index (χ2v) is 5.93. The van der Waals surface area contributed by atoms with Gasteiger partial charge in [-0.25, -0.2) is 0 Å². The van der Waals surface area contributed by atoms with Crippen molar-refractivity contribution in [1.82, 2.24) is 0 Å². The van der Waals surface area contributed by atoms with E-state index in [-0.39, 0.29) is 10.6 Å². The monoisotopic (exact) mass is 330 g/mol. The molecule has 25 heavy (non-hydrogen) atoms. The summed E-state index contributed by atoms with van der Waals surface area (Å²) in [5, 5.41) is 14.3. The first-order valence-electron chi connectivity index (χ1n) is 8.00. The van der Waals surface area contributed by atoms with Gasteiger partial charge in [0.05, 0.1) is 16.3 Å². The maximum Gasteiger partial charge on any atom is 0.270 e. The van der Waals surface area contributed by atoms with E-state index in [4.69, 9.17) is 0 Å². The SMILES string of the molecule is O=[N+]([O-])c1cccc(-c2ccc3c(c2)N(Cc2ccccc2)[CH]N3)c1. The zero-order valence-corrected chi connectivity index (χ0v) is 13.4. The molecule has 1 heterocycles. The van der Waals surface area contributed by atoms with Gasteiger partial charge in [-0.15, -0.1) is 0 Å². The van der Waals surface area contributed by atoms with Gasteiger partial charge in [0.25, 0.3) is 5.69 Å². The van der Waals surface area contributed by atoms with Crippen LogP contribution in [0.5, 0.6) is 0 Å². The fraction of sp³-hybridized carbons (Fsp3) is 0.0500. The standard InChI is InChI=1S/C20H16N3O2/c24-23(25)18-8-4-7-16(11-18)17-9-10-19-20(12-17)22(14-21-19)13-15-5-2-1-3-6-15/h1-12,14,21H,13H2. The molecule has 3 aromatic rings. The predicted octanol–water partition coefficient (Wildman–Crippen LogP) is 4.81. The molecule has 1 radical (unpaired) electrons. The third kappa shape index (κ3) is 3.04. The van der Waals surface area contributed by atoms with E-state index in [1.807, 2.05) is 43.1 Å². The zero-order chi connectivity index (χ0) is 17.2. The Bertz CT molecular complexity index is 925. The molecule has 0 bridgehead atoms. The number of nitrogens with zero attached hydrogens (tertiary/aromatic N) is 2. The van der Waals surface area contributed by atoms with Crippen LogP contribution in [0.4, 0.5) is 17.1 Å². The van der Waals surface area contributed by atoms with Crippen LogP contribution in [0.2, 0.25) is 0 Å². The van der Waals surface area contributed by atoms with Crippen molar-refractivity contribution >= 4 is 17.1 Å². The van der Waals surface area contributed by atoms with E-state index in [0.717, 1.165) is 29.0 Å². The average molecular weight is 330 g/mol. The minimum absolute atomic E-state index is 0.101. The normalized spacial score (nSPS) is 12.6. The van der Waals surface area contributed by atoms with Crippen molar-refractivity contribution in [2.45, 2.75) is 6.54 Å². The van der Waals surface area contributed by atoms with Gasteiger partial charge in [0.1, 0.15) is 6.67 Å². The Labute approximate surface area is 145 Å². The lowest BCUT2D eigenvalue weighted by atomic mass is 10.0. The summed E-state index contributed by atoms with van der Waals surface area (Å²) in [6, 6.07) is 23.0. The van der Waals surface area contributed by atoms with Crippen molar-refractivity contribution in [3.8, 4) is 11.1 Å². The summed E-state index contributed by atoms with van der Waals surface area (Å²) in [7, 11) is 0.